The van der Waals surface area contributed by atoms with Crippen molar-refractivity contribution in [3.63, 3.8) is 0 Å². The highest BCUT2D eigenvalue weighted by molar-refractivity contribution is 7.89. The Morgan fingerprint density at radius 2 is 2.22 bits per heavy atom. The number of aryl methyl sites for hydroxylation is 1. The molecule has 1 aromatic rings. The monoisotopic (exact) mass is 275 g/mol. The fourth-order valence-corrected chi connectivity index (χ4v) is 3.51. The van der Waals surface area contributed by atoms with Gasteiger partial charge in [-0.15, -0.1) is 0 Å². The first kappa shape index (κ1) is 13.0. The molecule has 0 amide bonds. The second-order valence-corrected chi connectivity index (χ2v) is 5.99. The summed E-state index contributed by atoms with van der Waals surface area (Å²) < 4.78 is 25.4. The van der Waals surface area contributed by atoms with E-state index in [4.69, 9.17) is 5.11 Å². The van der Waals surface area contributed by atoms with Crippen molar-refractivity contribution in [2.45, 2.75) is 24.5 Å². The molecule has 0 bridgehead atoms. The number of β-amino-alcohol motifs (C(OH)–C–C–N with tert-alkyl or cyclic N) is 1. The Hall–Kier alpha value is -1.45. The fourth-order valence-electron chi connectivity index (χ4n) is 1.90. The lowest BCUT2D eigenvalue weighted by atomic mass is 10.3. The largest absolute Gasteiger partial charge is 0.478 e. The number of nitrogens with zero attached hydrogens (tertiary/aromatic N) is 2. The number of aliphatic hydroxyl groups is 1. The summed E-state index contributed by atoms with van der Waals surface area (Å²) in [6.07, 6.45) is -0.376. The number of aromatic amines is 1. The molecule has 0 unspecified atom stereocenters. The Morgan fingerprint density at radius 1 is 1.56 bits per heavy atom. The quantitative estimate of drug-likeness (QED) is 0.661. The Morgan fingerprint density at radius 3 is 2.72 bits per heavy atom. The van der Waals surface area contributed by atoms with Crippen LogP contribution in [0.2, 0.25) is 0 Å². The molecule has 18 heavy (non-hydrogen) atoms. The van der Waals surface area contributed by atoms with E-state index in [0.29, 0.717) is 6.42 Å². The predicted molar refractivity (Wildman–Crippen MR) is 59.7 cm³/mol. The maximum absolute atomic E-state index is 12.2. The highest BCUT2D eigenvalue weighted by Gasteiger charge is 2.37. The van der Waals surface area contributed by atoms with Gasteiger partial charge in [-0.25, -0.2) is 13.2 Å². The first-order chi connectivity index (χ1) is 8.34. The van der Waals surface area contributed by atoms with Crippen LogP contribution in [0.5, 0.6) is 0 Å². The Kier molecular flexibility index (Phi) is 3.13. The molecule has 2 heterocycles. The summed E-state index contributed by atoms with van der Waals surface area (Å²) in [5.74, 6) is -1.35. The van der Waals surface area contributed by atoms with Crippen molar-refractivity contribution >= 4 is 16.0 Å². The van der Waals surface area contributed by atoms with E-state index in [2.05, 4.69) is 10.2 Å². The van der Waals surface area contributed by atoms with Crippen LogP contribution in [-0.4, -0.2) is 58.3 Å². The maximum Gasteiger partial charge on any atom is 0.340 e. The van der Waals surface area contributed by atoms with Gasteiger partial charge in [0.2, 0.25) is 5.03 Å². The average Bonchev–Trinajstić information content (AvgIpc) is 2.84. The third kappa shape index (κ3) is 2.00. The normalized spacial score (nSPS) is 21.3. The van der Waals surface area contributed by atoms with E-state index in [1.165, 1.54) is 6.92 Å². The maximum atomic E-state index is 12.2. The number of carboxylic acids is 1. The molecule has 0 aromatic carbocycles. The smallest absolute Gasteiger partial charge is 0.340 e. The van der Waals surface area contributed by atoms with Crippen molar-refractivity contribution in [2.75, 3.05) is 13.1 Å². The number of nitrogens with one attached hydrogen (secondary N) is 1. The predicted octanol–water partition coefficient (Wildman–Crippen LogP) is -0.828. The molecule has 9 heteroatoms. The molecular formula is C9H13N3O5S. The summed E-state index contributed by atoms with van der Waals surface area (Å²) in [4.78, 5) is 11.0. The van der Waals surface area contributed by atoms with Crippen molar-refractivity contribution in [3.8, 4) is 0 Å². The summed E-state index contributed by atoms with van der Waals surface area (Å²) in [5, 5.41) is 23.8. The molecule has 1 aliphatic rings. The van der Waals surface area contributed by atoms with Gasteiger partial charge < -0.3 is 10.2 Å². The van der Waals surface area contributed by atoms with Crippen LogP contribution in [0.4, 0.5) is 0 Å². The van der Waals surface area contributed by atoms with Crippen LogP contribution in [0.3, 0.4) is 0 Å². The topological polar surface area (TPSA) is 124 Å². The Labute approximate surface area is 103 Å². The number of aliphatic hydroxyl groups excluding tert-OH is 1. The zero-order chi connectivity index (χ0) is 13.5. The first-order valence-electron chi connectivity index (χ1n) is 5.30. The van der Waals surface area contributed by atoms with E-state index in [-0.39, 0.29) is 24.3 Å². The van der Waals surface area contributed by atoms with E-state index in [9.17, 15) is 18.3 Å². The van der Waals surface area contributed by atoms with Gasteiger partial charge in [-0.1, -0.05) is 0 Å². The van der Waals surface area contributed by atoms with Gasteiger partial charge in [-0.05, 0) is 13.3 Å². The van der Waals surface area contributed by atoms with Gasteiger partial charge in [0.25, 0.3) is 10.0 Å². The van der Waals surface area contributed by atoms with Crippen LogP contribution < -0.4 is 0 Å². The van der Waals surface area contributed by atoms with Gasteiger partial charge in [0.05, 0.1) is 6.10 Å². The molecule has 100 valence electrons. The summed E-state index contributed by atoms with van der Waals surface area (Å²) in [7, 11) is -3.98. The van der Waals surface area contributed by atoms with Crippen LogP contribution in [0.1, 0.15) is 22.5 Å². The van der Waals surface area contributed by atoms with Crippen LogP contribution in [-0.2, 0) is 10.0 Å². The van der Waals surface area contributed by atoms with E-state index in [0.717, 1.165) is 4.31 Å². The number of rotatable bonds is 3. The van der Waals surface area contributed by atoms with Crippen LogP contribution in [0.25, 0.3) is 0 Å². The number of hydrogen-bond donors (Lipinski definition) is 3. The molecule has 1 saturated heterocycles. The number of aromatic carboxylic acids is 1. The van der Waals surface area contributed by atoms with E-state index < -0.39 is 27.1 Å². The molecule has 0 saturated carbocycles. The molecule has 1 aromatic heterocycles. The van der Waals surface area contributed by atoms with Gasteiger partial charge in [0.1, 0.15) is 5.56 Å². The third-order valence-corrected chi connectivity index (χ3v) is 4.63. The van der Waals surface area contributed by atoms with Crippen LogP contribution >= 0.6 is 0 Å². The summed E-state index contributed by atoms with van der Waals surface area (Å²) in [5.41, 5.74) is -0.169. The van der Waals surface area contributed by atoms with Crippen molar-refractivity contribution in [3.05, 3.63) is 11.3 Å². The van der Waals surface area contributed by atoms with E-state index >= 15 is 0 Å². The molecule has 0 aliphatic carbocycles. The minimum absolute atomic E-state index is 0.0344. The van der Waals surface area contributed by atoms with Gasteiger partial charge >= 0.3 is 5.97 Å². The second-order valence-electron chi connectivity index (χ2n) is 4.14. The van der Waals surface area contributed by atoms with Gasteiger partial charge in [0.15, 0.2) is 0 Å². The number of aromatic nitrogens is 2. The number of carboxylic acid groups (broad SMARTS) is 1. The van der Waals surface area contributed by atoms with Gasteiger partial charge in [-0.2, -0.15) is 9.40 Å². The highest BCUT2D eigenvalue weighted by Crippen LogP contribution is 2.23. The van der Waals surface area contributed by atoms with Crippen LogP contribution in [0.15, 0.2) is 5.03 Å². The number of H-pyrrole nitrogens is 1. The van der Waals surface area contributed by atoms with Gasteiger partial charge in [-0.3, -0.25) is 5.10 Å². The molecule has 0 spiro atoms. The Balaban J connectivity index is 2.45. The van der Waals surface area contributed by atoms with Crippen molar-refractivity contribution < 1.29 is 23.4 Å². The molecule has 1 fully saturated rings. The lowest BCUT2D eigenvalue weighted by Crippen LogP contribution is -2.31. The summed E-state index contributed by atoms with van der Waals surface area (Å²) >= 11 is 0. The molecule has 1 atom stereocenters. The summed E-state index contributed by atoms with van der Waals surface area (Å²) in [6.45, 7) is 1.57. The zero-order valence-corrected chi connectivity index (χ0v) is 10.4. The fraction of sp³-hybridized carbons (Fsp3) is 0.556. The van der Waals surface area contributed by atoms with Crippen molar-refractivity contribution in [1.29, 1.82) is 0 Å². The third-order valence-electron chi connectivity index (χ3n) is 2.84. The minimum Gasteiger partial charge on any atom is -0.478 e. The molecule has 0 radical (unpaired) electrons. The lowest BCUT2D eigenvalue weighted by Gasteiger charge is -2.14. The van der Waals surface area contributed by atoms with E-state index in [1.807, 2.05) is 0 Å². The molecule has 1 aliphatic heterocycles. The molecule has 2 rings (SSSR count). The summed E-state index contributed by atoms with van der Waals surface area (Å²) in [6, 6.07) is 0. The van der Waals surface area contributed by atoms with Crippen molar-refractivity contribution in [1.82, 2.24) is 14.5 Å². The zero-order valence-electron chi connectivity index (χ0n) is 9.62. The average molecular weight is 275 g/mol. The number of carbonyl (C=O) groups is 1. The standard InChI is InChI=1S/C9H13N3O5S/c1-5-7(9(14)15)8(11-10-5)18(16,17)12-3-2-6(13)4-12/h6,13H,2-4H2,1H3,(H,10,11)(H,14,15)/t6-/m1/s1. The minimum atomic E-state index is -3.98. The first-order valence-corrected chi connectivity index (χ1v) is 6.74. The molecule has 8 nitrogen and oxygen atoms in total. The van der Waals surface area contributed by atoms with Crippen LogP contribution in [0, 0.1) is 6.92 Å². The van der Waals surface area contributed by atoms with Gasteiger partial charge in [0, 0.05) is 18.8 Å². The molecule has 3 N–H and O–H groups in total. The lowest BCUT2D eigenvalue weighted by molar-refractivity contribution is 0.0691. The molecular weight excluding hydrogens is 262 g/mol. The SMILES string of the molecule is Cc1[nH]nc(S(=O)(=O)N2CC[C@@H](O)C2)c1C(=O)O. The number of sulfonamides is 1. The highest BCUT2D eigenvalue weighted by atomic mass is 32.2. The number of hydrogen-bond acceptors (Lipinski definition) is 5. The second kappa shape index (κ2) is 4.34. The van der Waals surface area contributed by atoms with Crippen molar-refractivity contribution in [2.24, 2.45) is 0 Å². The Bertz CT molecular complexity index is 579. The van der Waals surface area contributed by atoms with E-state index in [1.54, 1.807) is 0 Å².